The van der Waals surface area contributed by atoms with Gasteiger partial charge < -0.3 is 15.5 Å². The highest BCUT2D eigenvalue weighted by Gasteiger charge is 2.13. The minimum Gasteiger partial charge on any atom is -0.397 e. The van der Waals surface area contributed by atoms with Crippen LogP contribution in [-0.2, 0) is 0 Å². The summed E-state index contributed by atoms with van der Waals surface area (Å²) in [4.78, 5) is 9.12. The number of nitrogens with two attached hydrogens (primary N) is 1. The van der Waals surface area contributed by atoms with Gasteiger partial charge in [0.1, 0.15) is 5.82 Å². The van der Waals surface area contributed by atoms with Gasteiger partial charge in [-0.2, -0.15) is 0 Å². The number of nitrogen functional groups attached to an aromatic ring is 1. The molecule has 0 bridgehead atoms. The molecule has 16 heavy (non-hydrogen) atoms. The first-order valence-corrected chi connectivity index (χ1v) is 5.82. The molecule has 4 heteroatoms. The highest BCUT2D eigenvalue weighted by atomic mass is 15.2. The summed E-state index contributed by atoms with van der Waals surface area (Å²) in [7, 11) is 2.17. The summed E-state index contributed by atoms with van der Waals surface area (Å²) >= 11 is 0. The second kappa shape index (κ2) is 4.70. The van der Waals surface area contributed by atoms with Crippen LogP contribution >= 0.6 is 0 Å². The first kappa shape index (κ1) is 11.2. The Kier molecular flexibility index (Phi) is 3.29. The molecule has 2 heterocycles. The molecule has 0 aliphatic carbocycles. The smallest absolute Gasteiger partial charge is 0.128 e. The average molecular weight is 220 g/mol. The van der Waals surface area contributed by atoms with E-state index >= 15 is 0 Å². The maximum Gasteiger partial charge on any atom is 0.128 e. The highest BCUT2D eigenvalue weighted by molar-refractivity contribution is 5.52. The molecular weight excluding hydrogens is 200 g/mol. The Hall–Kier alpha value is -1.29. The summed E-state index contributed by atoms with van der Waals surface area (Å²) in [5, 5.41) is 0. The lowest BCUT2D eigenvalue weighted by Gasteiger charge is -2.22. The molecule has 0 radical (unpaired) electrons. The van der Waals surface area contributed by atoms with Crippen LogP contribution in [0.4, 0.5) is 11.5 Å². The summed E-state index contributed by atoms with van der Waals surface area (Å²) in [5.41, 5.74) is 7.67. The number of aryl methyl sites for hydroxylation is 1. The number of anilines is 2. The van der Waals surface area contributed by atoms with Crippen molar-refractivity contribution in [3.05, 3.63) is 17.8 Å². The van der Waals surface area contributed by atoms with E-state index < -0.39 is 0 Å². The molecule has 2 N–H and O–H groups in total. The zero-order valence-corrected chi connectivity index (χ0v) is 10.1. The molecule has 4 nitrogen and oxygen atoms in total. The molecule has 1 saturated heterocycles. The van der Waals surface area contributed by atoms with E-state index in [0.29, 0.717) is 0 Å². The van der Waals surface area contributed by atoms with E-state index in [2.05, 4.69) is 27.9 Å². The van der Waals surface area contributed by atoms with Gasteiger partial charge in [0.2, 0.25) is 0 Å². The molecule has 0 atom stereocenters. The highest BCUT2D eigenvalue weighted by Crippen LogP contribution is 2.18. The van der Waals surface area contributed by atoms with Gasteiger partial charge in [-0.15, -0.1) is 0 Å². The van der Waals surface area contributed by atoms with Crippen molar-refractivity contribution in [2.24, 2.45) is 0 Å². The van der Waals surface area contributed by atoms with Crippen molar-refractivity contribution in [3.8, 4) is 0 Å². The number of hydrogen-bond acceptors (Lipinski definition) is 4. The topological polar surface area (TPSA) is 45.4 Å². The molecular formula is C12H20N4. The van der Waals surface area contributed by atoms with Gasteiger partial charge in [0, 0.05) is 19.6 Å². The van der Waals surface area contributed by atoms with Crippen LogP contribution in [0, 0.1) is 6.92 Å². The summed E-state index contributed by atoms with van der Waals surface area (Å²) in [6.07, 6.45) is 2.96. The number of rotatable bonds is 1. The Morgan fingerprint density at radius 1 is 1.25 bits per heavy atom. The van der Waals surface area contributed by atoms with E-state index in [9.17, 15) is 0 Å². The Balaban J connectivity index is 2.13. The molecule has 0 unspecified atom stereocenters. The van der Waals surface area contributed by atoms with E-state index in [0.717, 1.165) is 36.7 Å². The molecule has 2 rings (SSSR count). The minimum absolute atomic E-state index is 0.774. The number of pyridine rings is 1. The van der Waals surface area contributed by atoms with Crippen LogP contribution in [-0.4, -0.2) is 43.1 Å². The fraction of sp³-hybridized carbons (Fsp3) is 0.583. The van der Waals surface area contributed by atoms with Crippen LogP contribution < -0.4 is 10.6 Å². The zero-order valence-electron chi connectivity index (χ0n) is 10.1. The van der Waals surface area contributed by atoms with E-state index in [1.807, 2.05) is 6.92 Å². The molecule has 88 valence electrons. The predicted octanol–water partition coefficient (Wildman–Crippen LogP) is 1.11. The van der Waals surface area contributed by atoms with Crippen LogP contribution in [0.15, 0.2) is 12.3 Å². The van der Waals surface area contributed by atoms with Gasteiger partial charge >= 0.3 is 0 Å². The molecule has 0 spiro atoms. The second-order valence-electron chi connectivity index (χ2n) is 4.54. The van der Waals surface area contributed by atoms with Gasteiger partial charge in [0.05, 0.1) is 11.9 Å². The first-order valence-electron chi connectivity index (χ1n) is 5.82. The van der Waals surface area contributed by atoms with Crippen molar-refractivity contribution in [1.82, 2.24) is 9.88 Å². The third-order valence-corrected chi connectivity index (χ3v) is 3.18. The van der Waals surface area contributed by atoms with Crippen molar-refractivity contribution in [2.45, 2.75) is 13.3 Å². The minimum atomic E-state index is 0.774. The Bertz CT molecular complexity index is 364. The zero-order chi connectivity index (χ0) is 11.5. The number of aromatic nitrogens is 1. The van der Waals surface area contributed by atoms with Gasteiger partial charge in [-0.05, 0) is 38.6 Å². The van der Waals surface area contributed by atoms with Crippen LogP contribution in [0.25, 0.3) is 0 Å². The van der Waals surface area contributed by atoms with Crippen molar-refractivity contribution in [2.75, 3.05) is 43.9 Å². The first-order chi connectivity index (χ1) is 7.66. The van der Waals surface area contributed by atoms with Crippen LogP contribution in [0.1, 0.15) is 12.0 Å². The monoisotopic (exact) mass is 220 g/mol. The molecule has 0 aromatic carbocycles. The largest absolute Gasteiger partial charge is 0.397 e. The van der Waals surface area contributed by atoms with Gasteiger partial charge in [0.25, 0.3) is 0 Å². The lowest BCUT2D eigenvalue weighted by Crippen LogP contribution is -2.29. The fourth-order valence-corrected chi connectivity index (χ4v) is 2.00. The predicted molar refractivity (Wildman–Crippen MR) is 67.7 cm³/mol. The molecule has 1 aliphatic rings. The molecule has 0 saturated carbocycles. The SMILES string of the molecule is Cc1cc(N2CCCN(C)CC2)ncc1N. The van der Waals surface area contributed by atoms with E-state index in [-0.39, 0.29) is 0 Å². The third-order valence-electron chi connectivity index (χ3n) is 3.18. The number of hydrogen-bond donors (Lipinski definition) is 1. The van der Waals surface area contributed by atoms with E-state index in [1.165, 1.54) is 13.0 Å². The van der Waals surface area contributed by atoms with Gasteiger partial charge in [-0.25, -0.2) is 4.98 Å². The maximum atomic E-state index is 5.78. The normalized spacial score (nSPS) is 18.5. The van der Waals surface area contributed by atoms with E-state index in [4.69, 9.17) is 5.73 Å². The van der Waals surface area contributed by atoms with Crippen LogP contribution in [0.3, 0.4) is 0 Å². The van der Waals surface area contributed by atoms with Crippen molar-refractivity contribution >= 4 is 11.5 Å². The summed E-state index contributed by atoms with van der Waals surface area (Å²) in [6, 6.07) is 2.08. The lowest BCUT2D eigenvalue weighted by atomic mass is 10.2. The van der Waals surface area contributed by atoms with Crippen LogP contribution in [0.2, 0.25) is 0 Å². The Morgan fingerprint density at radius 2 is 2.06 bits per heavy atom. The molecule has 1 aromatic rings. The molecule has 1 fully saturated rings. The Labute approximate surface area is 97.1 Å². The summed E-state index contributed by atoms with van der Waals surface area (Å²) in [6.45, 7) is 6.44. The lowest BCUT2D eigenvalue weighted by molar-refractivity contribution is 0.360. The maximum absolute atomic E-state index is 5.78. The van der Waals surface area contributed by atoms with Gasteiger partial charge in [-0.3, -0.25) is 0 Å². The summed E-state index contributed by atoms with van der Waals surface area (Å²) in [5.74, 6) is 1.06. The molecule has 0 amide bonds. The second-order valence-corrected chi connectivity index (χ2v) is 4.54. The Morgan fingerprint density at radius 3 is 2.81 bits per heavy atom. The van der Waals surface area contributed by atoms with Crippen molar-refractivity contribution < 1.29 is 0 Å². The standard InChI is InChI=1S/C12H20N4/c1-10-8-12(14-9-11(10)13)16-5-3-4-15(2)6-7-16/h8-9H,3-7,13H2,1-2H3. The molecule has 1 aliphatic heterocycles. The van der Waals surface area contributed by atoms with Crippen LogP contribution in [0.5, 0.6) is 0 Å². The van der Waals surface area contributed by atoms with Crippen molar-refractivity contribution in [1.29, 1.82) is 0 Å². The van der Waals surface area contributed by atoms with Gasteiger partial charge in [-0.1, -0.05) is 0 Å². The third kappa shape index (κ3) is 2.44. The van der Waals surface area contributed by atoms with Gasteiger partial charge in [0.15, 0.2) is 0 Å². The molecule has 1 aromatic heterocycles. The fourth-order valence-electron chi connectivity index (χ4n) is 2.00. The van der Waals surface area contributed by atoms with E-state index in [1.54, 1.807) is 6.20 Å². The van der Waals surface area contributed by atoms with Crippen molar-refractivity contribution in [3.63, 3.8) is 0 Å². The summed E-state index contributed by atoms with van der Waals surface area (Å²) < 4.78 is 0. The number of likely N-dealkylation sites (N-methyl/N-ethyl adjacent to an activating group) is 1. The average Bonchev–Trinajstić information content (AvgIpc) is 2.47. The number of nitrogens with zero attached hydrogens (tertiary/aromatic N) is 3. The quantitative estimate of drug-likeness (QED) is 0.770.